The molecule has 0 aliphatic rings. The third kappa shape index (κ3) is 16.7. The number of carboxylic acids is 2. The van der Waals surface area contributed by atoms with Crippen LogP contribution in [0, 0.1) is 0 Å². The topological polar surface area (TPSA) is 74.6 Å². The van der Waals surface area contributed by atoms with E-state index in [0.29, 0.717) is 12.2 Å². The zero-order chi connectivity index (χ0) is 17.4. The molecule has 0 aliphatic carbocycles. The Morgan fingerprint density at radius 1 is 0.773 bits per heavy atom. The van der Waals surface area contributed by atoms with E-state index in [9.17, 15) is 9.59 Å². The van der Waals surface area contributed by atoms with Crippen molar-refractivity contribution in [2.45, 2.75) is 59.3 Å². The minimum Gasteiger partial charge on any atom is -0.478 e. The van der Waals surface area contributed by atoms with Crippen molar-refractivity contribution in [1.29, 1.82) is 0 Å². The summed E-state index contributed by atoms with van der Waals surface area (Å²) in [7, 11) is 2.45. The van der Waals surface area contributed by atoms with Crippen molar-refractivity contribution in [2.75, 3.05) is 26.7 Å². The molecule has 0 aromatic heterocycles. The fourth-order valence-corrected chi connectivity index (χ4v) is 2.10. The first-order valence-corrected chi connectivity index (χ1v) is 8.28. The lowest BCUT2D eigenvalue weighted by atomic mass is 10.2. The lowest BCUT2D eigenvalue weighted by Gasteiger charge is -2.34. The van der Waals surface area contributed by atoms with E-state index in [2.05, 4.69) is 27.8 Å². The Hall–Kier alpha value is -1.36. The van der Waals surface area contributed by atoms with E-state index in [-0.39, 0.29) is 0 Å². The lowest BCUT2D eigenvalue weighted by Crippen LogP contribution is -2.46. The predicted octanol–water partition coefficient (Wildman–Crippen LogP) is 3.55. The van der Waals surface area contributed by atoms with Crippen LogP contribution in [0.3, 0.4) is 0 Å². The van der Waals surface area contributed by atoms with Gasteiger partial charge in [-0.3, -0.25) is 0 Å². The minimum atomic E-state index is -1.26. The van der Waals surface area contributed by atoms with Gasteiger partial charge in [0.2, 0.25) is 0 Å². The number of nitrogens with zero attached hydrogens (tertiary/aromatic N) is 1. The van der Waals surface area contributed by atoms with Crippen LogP contribution in [0.15, 0.2) is 12.2 Å². The zero-order valence-electron chi connectivity index (χ0n) is 14.7. The summed E-state index contributed by atoms with van der Waals surface area (Å²) in [5.41, 5.74) is 0. The largest absolute Gasteiger partial charge is 0.478 e. The molecular weight excluding hydrogens is 282 g/mol. The summed E-state index contributed by atoms with van der Waals surface area (Å²) in [6.07, 6.45) is 9.31. The highest BCUT2D eigenvalue weighted by Crippen LogP contribution is 2.10. The Morgan fingerprint density at radius 2 is 1.05 bits per heavy atom. The molecule has 22 heavy (non-hydrogen) atoms. The van der Waals surface area contributed by atoms with Crippen molar-refractivity contribution in [3.63, 3.8) is 0 Å². The predicted molar refractivity (Wildman–Crippen MR) is 89.9 cm³/mol. The van der Waals surface area contributed by atoms with Crippen molar-refractivity contribution in [3.8, 4) is 0 Å². The Labute approximate surface area is 135 Å². The van der Waals surface area contributed by atoms with E-state index in [1.54, 1.807) is 0 Å². The highest BCUT2D eigenvalue weighted by molar-refractivity contribution is 5.89. The molecule has 5 heteroatoms. The molecule has 0 saturated heterocycles. The maximum atomic E-state index is 9.55. The van der Waals surface area contributed by atoms with E-state index in [4.69, 9.17) is 10.2 Å². The van der Waals surface area contributed by atoms with Crippen LogP contribution in [0.5, 0.6) is 0 Å². The van der Waals surface area contributed by atoms with Gasteiger partial charge >= 0.3 is 11.9 Å². The molecule has 0 fully saturated rings. The fourth-order valence-electron chi connectivity index (χ4n) is 2.10. The molecule has 2 N–H and O–H groups in total. The molecule has 0 rings (SSSR count). The molecule has 0 unspecified atom stereocenters. The number of unbranched alkanes of at least 4 members (excludes halogenated alkanes) is 3. The molecule has 0 aromatic carbocycles. The van der Waals surface area contributed by atoms with Crippen LogP contribution in [-0.4, -0.2) is 53.3 Å². The summed E-state index contributed by atoms with van der Waals surface area (Å²) in [5, 5.41) is 15.6. The van der Waals surface area contributed by atoms with E-state index >= 15 is 0 Å². The Bertz CT molecular complexity index is 289. The molecule has 0 saturated carbocycles. The molecule has 0 amide bonds. The number of aliphatic carboxylic acids is 2. The number of hydrogen-bond donors (Lipinski definition) is 2. The highest BCUT2D eigenvalue weighted by Gasteiger charge is 2.18. The van der Waals surface area contributed by atoms with Crippen LogP contribution in [0.2, 0.25) is 0 Å². The smallest absolute Gasteiger partial charge is 0.328 e. The Balaban J connectivity index is 0. The van der Waals surface area contributed by atoms with E-state index in [0.717, 1.165) is 0 Å². The molecule has 0 aliphatic heterocycles. The van der Waals surface area contributed by atoms with E-state index < -0.39 is 11.9 Å². The number of carboxylic acid groups (broad SMARTS) is 2. The number of hydrogen-bond acceptors (Lipinski definition) is 2. The van der Waals surface area contributed by atoms with Gasteiger partial charge in [-0.1, -0.05) is 40.0 Å². The monoisotopic (exact) mass is 316 g/mol. The van der Waals surface area contributed by atoms with Gasteiger partial charge in [0.1, 0.15) is 0 Å². The van der Waals surface area contributed by atoms with Crippen molar-refractivity contribution in [3.05, 3.63) is 12.2 Å². The van der Waals surface area contributed by atoms with Crippen molar-refractivity contribution >= 4 is 11.9 Å². The number of carbonyl (C=O) groups is 2. The average molecular weight is 316 g/mol. The molecule has 5 nitrogen and oxygen atoms in total. The second kappa shape index (κ2) is 14.6. The first-order valence-electron chi connectivity index (χ1n) is 8.28. The zero-order valence-corrected chi connectivity index (χ0v) is 14.7. The summed E-state index contributed by atoms with van der Waals surface area (Å²) < 4.78 is 1.32. The van der Waals surface area contributed by atoms with Gasteiger partial charge < -0.3 is 14.7 Å². The molecule has 0 heterocycles. The van der Waals surface area contributed by atoms with Gasteiger partial charge in [-0.2, -0.15) is 0 Å². The van der Waals surface area contributed by atoms with Gasteiger partial charge in [0.25, 0.3) is 0 Å². The van der Waals surface area contributed by atoms with Crippen LogP contribution in [-0.2, 0) is 9.59 Å². The van der Waals surface area contributed by atoms with Gasteiger partial charge in [0.15, 0.2) is 0 Å². The second-order valence-electron chi connectivity index (χ2n) is 5.86. The third-order valence-corrected chi connectivity index (χ3v) is 3.52. The molecular formula is C17H34NO4+. The van der Waals surface area contributed by atoms with Crippen LogP contribution in [0.1, 0.15) is 59.3 Å². The highest BCUT2D eigenvalue weighted by atomic mass is 16.4. The first-order chi connectivity index (χ1) is 10.3. The molecule has 0 spiro atoms. The minimum absolute atomic E-state index is 0.558. The van der Waals surface area contributed by atoms with Crippen LogP contribution >= 0.6 is 0 Å². The Kier molecular flexibility index (Phi) is 15.2. The van der Waals surface area contributed by atoms with Gasteiger partial charge in [0, 0.05) is 12.2 Å². The van der Waals surface area contributed by atoms with Crippen molar-refractivity contribution in [2.24, 2.45) is 0 Å². The normalized spacial score (nSPS) is 11.1. The maximum Gasteiger partial charge on any atom is 0.328 e. The molecule has 0 bridgehead atoms. The average Bonchev–Trinajstić information content (AvgIpc) is 2.48. The number of quaternary nitrogens is 1. The summed E-state index contributed by atoms with van der Waals surface area (Å²) in [6.45, 7) is 11.0. The van der Waals surface area contributed by atoms with Crippen LogP contribution < -0.4 is 0 Å². The number of rotatable bonds is 11. The first kappa shape index (κ1) is 22.9. The van der Waals surface area contributed by atoms with Crippen LogP contribution in [0.4, 0.5) is 0 Å². The Morgan fingerprint density at radius 3 is 1.23 bits per heavy atom. The molecule has 130 valence electrons. The molecule has 0 radical (unpaired) electrons. The third-order valence-electron chi connectivity index (χ3n) is 3.52. The summed E-state index contributed by atoms with van der Waals surface area (Å²) >= 11 is 0. The van der Waals surface area contributed by atoms with Gasteiger partial charge in [-0.05, 0) is 19.3 Å². The van der Waals surface area contributed by atoms with Gasteiger partial charge in [-0.15, -0.1) is 0 Å². The van der Waals surface area contributed by atoms with Gasteiger partial charge in [-0.25, -0.2) is 9.59 Å². The molecule has 0 atom stereocenters. The fraction of sp³-hybridized carbons (Fsp3) is 0.765. The van der Waals surface area contributed by atoms with Crippen LogP contribution in [0.25, 0.3) is 0 Å². The van der Waals surface area contributed by atoms with E-state index in [1.807, 2.05) is 0 Å². The van der Waals surface area contributed by atoms with E-state index in [1.165, 1.54) is 62.6 Å². The summed E-state index contributed by atoms with van der Waals surface area (Å²) in [4.78, 5) is 19.1. The molecule has 0 aromatic rings. The van der Waals surface area contributed by atoms with Crippen molar-refractivity contribution < 1.29 is 24.3 Å². The SMILES string of the molecule is CCCC[N+](C)(CCCC)CCCC.O=C(O)/C=C/C(=O)O. The lowest BCUT2D eigenvalue weighted by molar-refractivity contribution is -0.910. The standard InChI is InChI=1S/C13H30N.C4H4O4/c1-5-8-11-14(4,12-9-6-2)13-10-7-3;5-3(6)1-2-4(7)8/h5-13H2,1-4H3;1-2H,(H,5,6)(H,7,8)/q+1;/b;2-1+. The second-order valence-corrected chi connectivity index (χ2v) is 5.86. The summed E-state index contributed by atoms with van der Waals surface area (Å²) in [6, 6.07) is 0. The van der Waals surface area contributed by atoms with Gasteiger partial charge in [0.05, 0.1) is 26.7 Å². The van der Waals surface area contributed by atoms with Crippen molar-refractivity contribution in [1.82, 2.24) is 0 Å². The quantitative estimate of drug-likeness (QED) is 0.451. The summed E-state index contributed by atoms with van der Waals surface area (Å²) in [5.74, 6) is -2.51. The maximum absolute atomic E-state index is 9.55.